The van der Waals surface area contributed by atoms with Gasteiger partial charge in [0, 0.05) is 35.7 Å². The highest BCUT2D eigenvalue weighted by molar-refractivity contribution is 7.98. The van der Waals surface area contributed by atoms with E-state index in [1.165, 1.54) is 11.3 Å². The number of hydrogen-bond donors (Lipinski definition) is 0. The Bertz CT molecular complexity index is 1090. The fourth-order valence-electron chi connectivity index (χ4n) is 3.30. The third-order valence-electron chi connectivity index (χ3n) is 4.59. The van der Waals surface area contributed by atoms with Gasteiger partial charge in [0.1, 0.15) is 0 Å². The number of para-hydroxylation sites is 1. The fraction of sp³-hybridized carbons (Fsp3) is 0.286. The minimum absolute atomic E-state index is 0.456. The summed E-state index contributed by atoms with van der Waals surface area (Å²) in [6.07, 6.45) is 5.96. The van der Waals surface area contributed by atoms with Crippen LogP contribution >= 0.6 is 11.8 Å². The highest BCUT2D eigenvalue weighted by Crippen LogP contribution is 2.28. The van der Waals surface area contributed by atoms with Gasteiger partial charge in [-0.1, -0.05) is 43.8 Å². The minimum Gasteiger partial charge on any atom is -0.295 e. The average Bonchev–Trinajstić information content (AvgIpc) is 3.26. The van der Waals surface area contributed by atoms with Crippen molar-refractivity contribution in [3.05, 3.63) is 71.6 Å². The van der Waals surface area contributed by atoms with Crippen LogP contribution in [-0.4, -0.2) is 23.9 Å². The van der Waals surface area contributed by atoms with Crippen molar-refractivity contribution in [2.45, 2.75) is 44.5 Å². The molecule has 3 heterocycles. The Labute approximate surface area is 163 Å². The molecule has 0 unspecified atom stereocenters. The first-order valence-electron chi connectivity index (χ1n) is 9.10. The fourth-order valence-corrected chi connectivity index (χ4v) is 4.15. The van der Waals surface area contributed by atoms with E-state index in [1.54, 1.807) is 11.8 Å². The number of thioether (sulfide) groups is 1. The van der Waals surface area contributed by atoms with Crippen LogP contribution in [0.15, 0.2) is 54.1 Å². The average molecular weight is 378 g/mol. The van der Waals surface area contributed by atoms with Crippen LogP contribution in [0.4, 0.5) is 0 Å². The van der Waals surface area contributed by atoms with Crippen LogP contribution < -0.4 is 0 Å². The Morgan fingerprint density at radius 2 is 1.93 bits per heavy atom. The van der Waals surface area contributed by atoms with Crippen LogP contribution in [0.3, 0.4) is 0 Å². The Morgan fingerprint density at radius 3 is 2.74 bits per heavy atom. The van der Waals surface area contributed by atoms with E-state index in [1.807, 2.05) is 23.7 Å². The molecule has 0 aliphatic rings. The molecule has 0 fully saturated rings. The zero-order valence-corrected chi connectivity index (χ0v) is 16.9. The van der Waals surface area contributed by atoms with E-state index in [-0.39, 0.29) is 0 Å². The van der Waals surface area contributed by atoms with Crippen molar-refractivity contribution < 1.29 is 0 Å². The molecular weight excluding hydrogens is 354 g/mol. The number of nitrogens with zero attached hydrogens (tertiary/aromatic N) is 5. The van der Waals surface area contributed by atoms with Gasteiger partial charge in [-0.05, 0) is 37.5 Å². The summed E-state index contributed by atoms with van der Waals surface area (Å²) < 4.78 is 4.22. The standard InChI is InChI=1S/C21H23N5S/c1-14(2)18-7-5-6-8-19(18)25-10-9-22-21(25)27-13-17-12-26-16(4)11-15(3)23-20(26)24-17/h5-12,14H,13H2,1-4H3. The van der Waals surface area contributed by atoms with Crippen molar-refractivity contribution in [2.75, 3.05) is 0 Å². The van der Waals surface area contributed by atoms with Gasteiger partial charge in [0.15, 0.2) is 5.16 Å². The zero-order chi connectivity index (χ0) is 19.0. The molecule has 0 N–H and O–H groups in total. The van der Waals surface area contributed by atoms with Crippen molar-refractivity contribution in [2.24, 2.45) is 0 Å². The number of hydrogen-bond acceptors (Lipinski definition) is 4. The number of aryl methyl sites for hydroxylation is 2. The van der Waals surface area contributed by atoms with Gasteiger partial charge < -0.3 is 0 Å². The minimum atomic E-state index is 0.456. The highest BCUT2D eigenvalue weighted by atomic mass is 32.2. The molecule has 1 aromatic carbocycles. The summed E-state index contributed by atoms with van der Waals surface area (Å²) >= 11 is 1.70. The summed E-state index contributed by atoms with van der Waals surface area (Å²) in [5.74, 6) is 1.97. The van der Waals surface area contributed by atoms with E-state index in [4.69, 9.17) is 0 Å². The van der Waals surface area contributed by atoms with Crippen LogP contribution in [0, 0.1) is 13.8 Å². The van der Waals surface area contributed by atoms with Crippen molar-refractivity contribution in [3.8, 4) is 5.69 Å². The molecule has 0 atom stereocenters. The molecule has 0 bridgehead atoms. The van der Waals surface area contributed by atoms with Gasteiger partial charge in [-0.15, -0.1) is 0 Å². The molecule has 27 heavy (non-hydrogen) atoms. The first kappa shape index (κ1) is 17.8. The van der Waals surface area contributed by atoms with Crippen LogP contribution in [0.5, 0.6) is 0 Å². The van der Waals surface area contributed by atoms with Gasteiger partial charge in [0.05, 0.1) is 11.4 Å². The van der Waals surface area contributed by atoms with Gasteiger partial charge in [0.2, 0.25) is 5.78 Å². The van der Waals surface area contributed by atoms with Gasteiger partial charge in [-0.25, -0.2) is 15.0 Å². The van der Waals surface area contributed by atoms with Gasteiger partial charge >= 0.3 is 0 Å². The summed E-state index contributed by atoms with van der Waals surface area (Å²) in [7, 11) is 0. The van der Waals surface area contributed by atoms with Crippen LogP contribution in [0.25, 0.3) is 11.5 Å². The van der Waals surface area contributed by atoms with E-state index in [0.717, 1.165) is 33.8 Å². The van der Waals surface area contributed by atoms with Gasteiger partial charge in [-0.3, -0.25) is 8.97 Å². The lowest BCUT2D eigenvalue weighted by Gasteiger charge is -2.15. The number of aromatic nitrogens is 5. The first-order valence-corrected chi connectivity index (χ1v) is 10.1. The quantitative estimate of drug-likeness (QED) is 0.462. The monoisotopic (exact) mass is 377 g/mol. The van der Waals surface area contributed by atoms with Crippen LogP contribution in [0.2, 0.25) is 0 Å². The third kappa shape index (κ3) is 3.49. The summed E-state index contributed by atoms with van der Waals surface area (Å²) in [6, 6.07) is 10.6. The van der Waals surface area contributed by atoms with E-state index in [2.05, 4.69) is 76.8 Å². The summed E-state index contributed by atoms with van der Waals surface area (Å²) in [5, 5.41) is 0.973. The van der Waals surface area contributed by atoms with E-state index >= 15 is 0 Å². The SMILES string of the molecule is Cc1cc(C)n2cc(CSc3nccn3-c3ccccc3C(C)C)nc2n1. The van der Waals surface area contributed by atoms with Crippen molar-refractivity contribution in [3.63, 3.8) is 0 Å². The Morgan fingerprint density at radius 1 is 1.11 bits per heavy atom. The number of fused-ring (bicyclic) bond motifs is 1. The Hall–Kier alpha value is -2.60. The molecule has 0 spiro atoms. The highest BCUT2D eigenvalue weighted by Gasteiger charge is 2.13. The summed E-state index contributed by atoms with van der Waals surface area (Å²) in [4.78, 5) is 13.8. The number of rotatable bonds is 5. The third-order valence-corrected chi connectivity index (χ3v) is 5.59. The first-order chi connectivity index (χ1) is 13.0. The normalized spacial score (nSPS) is 11.6. The van der Waals surface area contributed by atoms with Crippen LogP contribution in [-0.2, 0) is 5.75 Å². The maximum atomic E-state index is 4.68. The second-order valence-electron chi connectivity index (χ2n) is 7.02. The summed E-state index contributed by atoms with van der Waals surface area (Å²) in [6.45, 7) is 8.52. The lowest BCUT2D eigenvalue weighted by atomic mass is 10.0. The van der Waals surface area contributed by atoms with E-state index in [9.17, 15) is 0 Å². The second-order valence-corrected chi connectivity index (χ2v) is 7.97. The van der Waals surface area contributed by atoms with Crippen molar-refractivity contribution in [1.29, 1.82) is 0 Å². The molecule has 6 heteroatoms. The van der Waals surface area contributed by atoms with E-state index in [0.29, 0.717) is 5.92 Å². The molecule has 0 radical (unpaired) electrons. The van der Waals surface area contributed by atoms with Crippen molar-refractivity contribution in [1.82, 2.24) is 23.9 Å². The molecule has 4 aromatic rings. The van der Waals surface area contributed by atoms with Crippen molar-refractivity contribution >= 4 is 17.5 Å². The largest absolute Gasteiger partial charge is 0.295 e. The molecule has 5 nitrogen and oxygen atoms in total. The molecule has 0 saturated carbocycles. The topological polar surface area (TPSA) is 48.0 Å². The predicted octanol–water partition coefficient (Wildman–Crippen LogP) is 4.95. The second kappa shape index (κ2) is 7.19. The maximum absolute atomic E-state index is 4.68. The molecule has 4 rings (SSSR count). The van der Waals surface area contributed by atoms with Gasteiger partial charge in [-0.2, -0.15) is 0 Å². The van der Waals surface area contributed by atoms with Gasteiger partial charge in [0.25, 0.3) is 0 Å². The number of imidazole rings is 2. The molecule has 0 saturated heterocycles. The number of benzene rings is 1. The molecule has 0 aliphatic carbocycles. The van der Waals surface area contributed by atoms with Crippen LogP contribution in [0.1, 0.15) is 42.4 Å². The maximum Gasteiger partial charge on any atom is 0.234 e. The summed E-state index contributed by atoms with van der Waals surface area (Å²) in [5.41, 5.74) is 5.66. The molecular formula is C21H23N5S. The predicted molar refractivity (Wildman–Crippen MR) is 110 cm³/mol. The lowest BCUT2D eigenvalue weighted by molar-refractivity contribution is 0.817. The zero-order valence-electron chi connectivity index (χ0n) is 16.0. The Kier molecular flexibility index (Phi) is 4.74. The molecule has 0 aliphatic heterocycles. The van der Waals surface area contributed by atoms with E-state index < -0.39 is 0 Å². The molecule has 0 amide bonds. The molecule has 3 aromatic heterocycles. The lowest BCUT2D eigenvalue weighted by Crippen LogP contribution is -2.01. The Balaban J connectivity index is 1.61. The smallest absolute Gasteiger partial charge is 0.234 e. The molecule has 138 valence electrons.